The molecule has 3 rings (SSSR count). The van der Waals surface area contributed by atoms with Crippen molar-refractivity contribution in [1.82, 2.24) is 14.6 Å². The Kier molecular flexibility index (Phi) is 4.01. The van der Waals surface area contributed by atoms with Gasteiger partial charge in [0, 0.05) is 41.8 Å². The van der Waals surface area contributed by atoms with Crippen LogP contribution in [0.4, 0.5) is 0 Å². The van der Waals surface area contributed by atoms with Gasteiger partial charge in [-0.15, -0.1) is 0 Å². The molecule has 1 aromatic carbocycles. The molecule has 1 aromatic heterocycles. The lowest BCUT2D eigenvalue weighted by Crippen LogP contribution is -2.27. The number of pyridine rings is 1. The molecule has 4 heteroatoms. The van der Waals surface area contributed by atoms with E-state index in [2.05, 4.69) is 45.8 Å². The lowest BCUT2D eigenvalue weighted by Gasteiger charge is -2.25. The summed E-state index contributed by atoms with van der Waals surface area (Å²) in [4.78, 5) is 5.47. The van der Waals surface area contributed by atoms with Gasteiger partial charge in [-0.3, -0.25) is 4.98 Å². The Labute approximate surface area is 118 Å². The lowest BCUT2D eigenvalue weighted by molar-refractivity contribution is 0.390. The minimum absolute atomic E-state index is 0.619. The van der Waals surface area contributed by atoms with Crippen LogP contribution in [0.3, 0.4) is 0 Å². The van der Waals surface area contributed by atoms with Gasteiger partial charge in [0.1, 0.15) is 0 Å². The van der Waals surface area contributed by atoms with Crippen LogP contribution in [0.5, 0.6) is 0 Å². The zero-order valence-corrected chi connectivity index (χ0v) is 12.0. The Morgan fingerprint density at radius 3 is 3.16 bits per heavy atom. The van der Waals surface area contributed by atoms with Gasteiger partial charge in [0.25, 0.3) is 0 Å². The largest absolute Gasteiger partial charge is 0.315 e. The molecule has 0 saturated carbocycles. The standard InChI is InChI=1S/C15H19N3S/c1-12-4-6-16-8-9-18(12)19-15-3-2-14-11-17-7-5-13(14)10-15/h2-3,5,7,10-12,16H,4,6,8-9H2,1H3/t12-/m1/s1. The maximum Gasteiger partial charge on any atom is 0.0346 e. The molecule has 1 aliphatic rings. The van der Waals surface area contributed by atoms with Crippen molar-refractivity contribution in [2.45, 2.75) is 24.3 Å². The maximum atomic E-state index is 4.16. The van der Waals surface area contributed by atoms with Crippen LogP contribution in [0.2, 0.25) is 0 Å². The first-order valence-corrected chi connectivity index (χ1v) is 7.59. The normalized spacial score (nSPS) is 21.4. The van der Waals surface area contributed by atoms with Gasteiger partial charge in [-0.25, -0.2) is 4.31 Å². The lowest BCUT2D eigenvalue weighted by atomic mass is 10.2. The molecule has 19 heavy (non-hydrogen) atoms. The van der Waals surface area contributed by atoms with E-state index in [9.17, 15) is 0 Å². The van der Waals surface area contributed by atoms with Crippen LogP contribution in [0, 0.1) is 0 Å². The van der Waals surface area contributed by atoms with Crippen LogP contribution in [-0.4, -0.2) is 35.0 Å². The molecular weight excluding hydrogens is 254 g/mol. The molecule has 0 spiro atoms. The average Bonchev–Trinajstić information content (AvgIpc) is 2.64. The quantitative estimate of drug-likeness (QED) is 0.852. The van der Waals surface area contributed by atoms with Crippen LogP contribution < -0.4 is 5.32 Å². The third-order valence-electron chi connectivity index (χ3n) is 3.57. The first-order chi connectivity index (χ1) is 9.33. The van der Waals surface area contributed by atoms with E-state index in [0.29, 0.717) is 6.04 Å². The molecular formula is C15H19N3S. The minimum atomic E-state index is 0.619. The molecule has 0 amide bonds. The first kappa shape index (κ1) is 12.9. The summed E-state index contributed by atoms with van der Waals surface area (Å²) < 4.78 is 2.49. The molecule has 2 aromatic rings. The van der Waals surface area contributed by atoms with E-state index in [1.807, 2.05) is 24.3 Å². The Bertz CT molecular complexity index is 558. The topological polar surface area (TPSA) is 28.2 Å². The molecule has 1 N–H and O–H groups in total. The fourth-order valence-electron chi connectivity index (χ4n) is 2.38. The van der Waals surface area contributed by atoms with Crippen molar-refractivity contribution in [2.75, 3.05) is 19.6 Å². The Morgan fingerprint density at radius 1 is 1.26 bits per heavy atom. The second kappa shape index (κ2) is 5.90. The van der Waals surface area contributed by atoms with E-state index in [4.69, 9.17) is 0 Å². The third-order valence-corrected chi connectivity index (χ3v) is 4.82. The highest BCUT2D eigenvalue weighted by Crippen LogP contribution is 2.28. The predicted octanol–water partition coefficient (Wildman–Crippen LogP) is 2.93. The Morgan fingerprint density at radius 2 is 2.21 bits per heavy atom. The SMILES string of the molecule is C[C@@H]1CCNCCN1Sc1ccc2cnccc2c1. The van der Waals surface area contributed by atoms with Crippen molar-refractivity contribution < 1.29 is 0 Å². The second-order valence-electron chi connectivity index (χ2n) is 5.00. The molecule has 0 bridgehead atoms. The molecule has 1 fully saturated rings. The highest BCUT2D eigenvalue weighted by Gasteiger charge is 2.17. The van der Waals surface area contributed by atoms with E-state index in [1.54, 1.807) is 0 Å². The highest BCUT2D eigenvalue weighted by molar-refractivity contribution is 7.97. The summed E-state index contributed by atoms with van der Waals surface area (Å²) in [6.07, 6.45) is 4.99. The van der Waals surface area contributed by atoms with E-state index < -0.39 is 0 Å². The molecule has 2 heterocycles. The van der Waals surface area contributed by atoms with Gasteiger partial charge in [-0.2, -0.15) is 0 Å². The second-order valence-corrected chi connectivity index (χ2v) is 6.13. The summed E-state index contributed by atoms with van der Waals surface area (Å²) in [6, 6.07) is 9.30. The van der Waals surface area contributed by atoms with E-state index in [0.717, 1.165) is 19.6 Å². The summed E-state index contributed by atoms with van der Waals surface area (Å²) in [5.41, 5.74) is 0. The zero-order valence-electron chi connectivity index (χ0n) is 11.2. The first-order valence-electron chi connectivity index (χ1n) is 6.82. The molecule has 0 radical (unpaired) electrons. The zero-order chi connectivity index (χ0) is 13.1. The number of hydrogen-bond donors (Lipinski definition) is 1. The Balaban J connectivity index is 1.80. The summed E-state index contributed by atoms with van der Waals surface area (Å²) in [7, 11) is 0. The van der Waals surface area contributed by atoms with Crippen LogP contribution in [0.25, 0.3) is 10.8 Å². The molecule has 1 aliphatic heterocycles. The van der Waals surface area contributed by atoms with Crippen LogP contribution >= 0.6 is 11.9 Å². The van der Waals surface area contributed by atoms with Gasteiger partial charge in [-0.05, 0) is 55.4 Å². The summed E-state index contributed by atoms with van der Waals surface area (Å²) >= 11 is 1.87. The number of benzene rings is 1. The van der Waals surface area contributed by atoms with Gasteiger partial charge >= 0.3 is 0 Å². The number of hydrogen-bond acceptors (Lipinski definition) is 4. The number of nitrogens with one attached hydrogen (secondary N) is 1. The summed E-state index contributed by atoms with van der Waals surface area (Å²) in [5, 5.41) is 5.93. The van der Waals surface area contributed by atoms with Crippen LogP contribution in [0.1, 0.15) is 13.3 Å². The molecule has 1 atom stereocenters. The van der Waals surface area contributed by atoms with Crippen molar-refractivity contribution in [3.8, 4) is 0 Å². The van der Waals surface area contributed by atoms with Crippen molar-refractivity contribution >= 4 is 22.7 Å². The Hall–Kier alpha value is -1.10. The highest BCUT2D eigenvalue weighted by atomic mass is 32.2. The van der Waals surface area contributed by atoms with Gasteiger partial charge < -0.3 is 5.32 Å². The third kappa shape index (κ3) is 3.08. The minimum Gasteiger partial charge on any atom is -0.315 e. The van der Waals surface area contributed by atoms with Gasteiger partial charge in [-0.1, -0.05) is 6.07 Å². The van der Waals surface area contributed by atoms with Crippen molar-refractivity contribution in [3.63, 3.8) is 0 Å². The number of aromatic nitrogens is 1. The van der Waals surface area contributed by atoms with Gasteiger partial charge in [0.05, 0.1) is 0 Å². The van der Waals surface area contributed by atoms with Gasteiger partial charge in [0.15, 0.2) is 0 Å². The van der Waals surface area contributed by atoms with Crippen LogP contribution in [-0.2, 0) is 0 Å². The van der Waals surface area contributed by atoms with Crippen molar-refractivity contribution in [3.05, 3.63) is 36.7 Å². The van der Waals surface area contributed by atoms with E-state index in [1.165, 1.54) is 22.1 Å². The maximum absolute atomic E-state index is 4.16. The summed E-state index contributed by atoms with van der Waals surface area (Å²) in [6.45, 7) is 5.61. The number of rotatable bonds is 2. The number of fused-ring (bicyclic) bond motifs is 1. The molecule has 0 unspecified atom stereocenters. The molecule has 100 valence electrons. The molecule has 3 nitrogen and oxygen atoms in total. The fourth-order valence-corrected chi connectivity index (χ4v) is 3.43. The average molecular weight is 273 g/mol. The van der Waals surface area contributed by atoms with Gasteiger partial charge in [0.2, 0.25) is 0 Å². The molecule has 1 saturated heterocycles. The fraction of sp³-hybridized carbons (Fsp3) is 0.400. The van der Waals surface area contributed by atoms with Crippen LogP contribution in [0.15, 0.2) is 41.6 Å². The van der Waals surface area contributed by atoms with E-state index >= 15 is 0 Å². The summed E-state index contributed by atoms with van der Waals surface area (Å²) in [5.74, 6) is 0. The smallest absolute Gasteiger partial charge is 0.0346 e. The number of nitrogens with zero attached hydrogens (tertiary/aromatic N) is 2. The van der Waals surface area contributed by atoms with Crippen molar-refractivity contribution in [1.29, 1.82) is 0 Å². The van der Waals surface area contributed by atoms with Crippen molar-refractivity contribution in [2.24, 2.45) is 0 Å². The molecule has 0 aliphatic carbocycles. The monoisotopic (exact) mass is 273 g/mol. The predicted molar refractivity (Wildman–Crippen MR) is 81.3 cm³/mol. The van der Waals surface area contributed by atoms with E-state index in [-0.39, 0.29) is 0 Å².